The van der Waals surface area contributed by atoms with Crippen molar-refractivity contribution in [1.82, 2.24) is 24.9 Å². The van der Waals surface area contributed by atoms with Gasteiger partial charge in [0, 0.05) is 19.1 Å². The van der Waals surface area contributed by atoms with Gasteiger partial charge in [-0.3, -0.25) is 13.6 Å². The van der Waals surface area contributed by atoms with Crippen LogP contribution < -0.4 is 11.1 Å². The first kappa shape index (κ1) is 20.8. The van der Waals surface area contributed by atoms with Crippen LogP contribution in [0.4, 0.5) is 10.2 Å². The number of piperidine rings is 1. The Morgan fingerprint density at radius 1 is 1.30 bits per heavy atom. The van der Waals surface area contributed by atoms with Gasteiger partial charge in [-0.1, -0.05) is 5.16 Å². The van der Waals surface area contributed by atoms with E-state index in [1.807, 2.05) is 4.90 Å². The highest BCUT2D eigenvalue weighted by Gasteiger charge is 2.26. The predicted molar refractivity (Wildman–Crippen MR) is 105 cm³/mol. The normalized spacial score (nSPS) is 16.6. The van der Waals surface area contributed by atoms with Crippen LogP contribution in [0.1, 0.15) is 12.8 Å². The van der Waals surface area contributed by atoms with Gasteiger partial charge in [0.15, 0.2) is 5.69 Å². The number of nitrogens with zero attached hydrogens (tertiary/aromatic N) is 5. The van der Waals surface area contributed by atoms with Crippen molar-refractivity contribution in [1.29, 1.82) is 0 Å². The summed E-state index contributed by atoms with van der Waals surface area (Å²) in [4.78, 5) is 14.1. The number of nitrogens with one attached hydrogen (secondary N) is 1. The number of halogens is 2. The lowest BCUT2D eigenvalue weighted by molar-refractivity contribution is 0.246. The molecule has 1 atom stereocenters. The minimum atomic E-state index is -2.12. The molecule has 0 spiro atoms. The molecule has 1 saturated heterocycles. The van der Waals surface area contributed by atoms with Crippen LogP contribution in [-0.2, 0) is 11.1 Å². The van der Waals surface area contributed by atoms with Crippen molar-refractivity contribution in [2.24, 2.45) is 0 Å². The van der Waals surface area contributed by atoms with E-state index in [0.29, 0.717) is 31.6 Å². The molecule has 11 nitrogen and oxygen atoms in total. The Morgan fingerprint density at radius 3 is 2.77 bits per heavy atom. The molecule has 0 amide bonds. The van der Waals surface area contributed by atoms with Crippen LogP contribution >= 0.6 is 15.9 Å². The quantitative estimate of drug-likeness (QED) is 0.493. The van der Waals surface area contributed by atoms with E-state index in [2.05, 4.69) is 36.7 Å². The number of anilines is 1. The van der Waals surface area contributed by atoms with Crippen LogP contribution in [0.5, 0.6) is 0 Å². The zero-order chi connectivity index (χ0) is 21.3. The van der Waals surface area contributed by atoms with Gasteiger partial charge in [-0.2, -0.15) is 0 Å². The molecule has 0 aliphatic carbocycles. The van der Waals surface area contributed by atoms with E-state index >= 15 is 0 Å². The van der Waals surface area contributed by atoms with Gasteiger partial charge in [-0.05, 0) is 68.4 Å². The Morgan fingerprint density at radius 2 is 2.07 bits per heavy atom. The molecule has 1 aliphatic rings. The Balaban J connectivity index is 1.57. The van der Waals surface area contributed by atoms with Crippen molar-refractivity contribution < 1.29 is 22.3 Å². The first-order valence-electron chi connectivity index (χ1n) is 8.84. The third kappa shape index (κ3) is 4.35. The zero-order valence-corrected chi connectivity index (χ0v) is 17.7. The van der Waals surface area contributed by atoms with Gasteiger partial charge in [-0.15, -0.1) is 0 Å². The fourth-order valence-electron chi connectivity index (χ4n) is 3.23. The third-order valence-electron chi connectivity index (χ3n) is 4.68. The molecule has 1 unspecified atom stereocenters. The lowest BCUT2D eigenvalue weighted by Crippen LogP contribution is -2.40. The van der Waals surface area contributed by atoms with Crippen LogP contribution in [0.15, 0.2) is 36.6 Å². The summed E-state index contributed by atoms with van der Waals surface area (Å²) < 4.78 is 46.2. The number of benzene rings is 1. The molecule has 0 radical (unpaired) electrons. The van der Waals surface area contributed by atoms with E-state index in [1.165, 1.54) is 18.2 Å². The molecule has 0 saturated carbocycles. The van der Waals surface area contributed by atoms with Crippen molar-refractivity contribution in [3.63, 3.8) is 0 Å². The predicted octanol–water partition coefficient (Wildman–Crippen LogP) is 1.49. The first-order valence-corrected chi connectivity index (χ1v) is 10.9. The number of hydrogen-bond acceptors (Lipinski definition) is 10. The average molecular weight is 502 g/mol. The summed E-state index contributed by atoms with van der Waals surface area (Å²) in [7, 11) is 0. The number of rotatable bonds is 6. The van der Waals surface area contributed by atoms with E-state index in [1.54, 1.807) is 0 Å². The Bertz CT molecular complexity index is 1130. The van der Waals surface area contributed by atoms with Crippen LogP contribution in [-0.4, -0.2) is 58.7 Å². The fourth-order valence-corrected chi connectivity index (χ4v) is 4.15. The van der Waals surface area contributed by atoms with Gasteiger partial charge >= 0.3 is 5.76 Å². The summed E-state index contributed by atoms with van der Waals surface area (Å²) in [5, 5.41) is 14.7. The SMILES string of the molecule is O=c1onc(-c2nonc2NC2CCN(CS(=O)[O-])CC2)n1-c1ccc(F)c(Br)c1. The molecule has 30 heavy (non-hydrogen) atoms. The van der Waals surface area contributed by atoms with Gasteiger partial charge in [0.1, 0.15) is 5.82 Å². The highest BCUT2D eigenvalue weighted by atomic mass is 79.9. The lowest BCUT2D eigenvalue weighted by atomic mass is 10.1. The van der Waals surface area contributed by atoms with Gasteiger partial charge in [0.2, 0.25) is 11.6 Å². The number of aromatic nitrogens is 4. The summed E-state index contributed by atoms with van der Waals surface area (Å²) in [6, 6.07) is 4.01. The average Bonchev–Trinajstić information content (AvgIpc) is 3.31. The minimum Gasteiger partial charge on any atom is -0.771 e. The summed E-state index contributed by atoms with van der Waals surface area (Å²) in [6.07, 6.45) is 1.36. The highest BCUT2D eigenvalue weighted by molar-refractivity contribution is 9.10. The number of hydrogen-bond donors (Lipinski definition) is 1. The van der Waals surface area contributed by atoms with Crippen molar-refractivity contribution in [3.05, 3.63) is 39.0 Å². The molecular weight excluding hydrogens is 487 g/mol. The maximum atomic E-state index is 13.6. The second kappa shape index (κ2) is 8.75. The molecule has 3 heterocycles. The molecule has 14 heteroatoms. The largest absolute Gasteiger partial charge is 0.771 e. The van der Waals surface area contributed by atoms with Gasteiger partial charge in [0.05, 0.1) is 16.0 Å². The Labute approximate surface area is 179 Å². The van der Waals surface area contributed by atoms with Crippen molar-refractivity contribution >= 4 is 32.8 Å². The third-order valence-corrected chi connectivity index (χ3v) is 5.87. The Hall–Kier alpha value is -2.42. The monoisotopic (exact) mass is 501 g/mol. The van der Waals surface area contributed by atoms with E-state index < -0.39 is 22.7 Å². The first-order chi connectivity index (χ1) is 14.4. The van der Waals surface area contributed by atoms with Crippen LogP contribution in [0.25, 0.3) is 17.2 Å². The molecule has 4 rings (SSSR count). The zero-order valence-electron chi connectivity index (χ0n) is 15.3. The standard InChI is InChI=1S/C16H16BrFN6O5S/c17-11-7-10(1-2-12(11)18)24-15(22-28-16(24)25)13-14(21-29-20-13)19-9-3-5-23(6-4-9)8-30(26)27/h1-2,7,9H,3-6,8H2,(H,19,21)(H,26,27)/p-1. The minimum absolute atomic E-state index is 0.000902. The van der Waals surface area contributed by atoms with E-state index in [4.69, 9.17) is 9.15 Å². The van der Waals surface area contributed by atoms with Crippen LogP contribution in [0, 0.1) is 5.82 Å². The summed E-state index contributed by atoms with van der Waals surface area (Å²) >= 11 is 0.971. The number of likely N-dealkylation sites (tertiary alicyclic amines) is 1. The molecule has 0 bridgehead atoms. The molecule has 1 fully saturated rings. The van der Waals surface area contributed by atoms with Crippen LogP contribution in [0.3, 0.4) is 0 Å². The van der Waals surface area contributed by atoms with Gasteiger partial charge < -0.3 is 9.87 Å². The summed E-state index contributed by atoms with van der Waals surface area (Å²) in [5.74, 6) is -0.952. The lowest BCUT2D eigenvalue weighted by Gasteiger charge is -2.32. The second-order valence-corrected chi connectivity index (χ2v) is 8.36. The summed E-state index contributed by atoms with van der Waals surface area (Å²) in [6.45, 7) is 1.20. The van der Waals surface area contributed by atoms with Gasteiger partial charge in [-0.25, -0.2) is 18.4 Å². The molecule has 1 N–H and O–H groups in total. The molecule has 1 aliphatic heterocycles. The second-order valence-electron chi connectivity index (χ2n) is 6.64. The van der Waals surface area contributed by atoms with E-state index in [-0.39, 0.29) is 33.7 Å². The molecule has 1 aromatic carbocycles. The maximum absolute atomic E-state index is 13.6. The Kier molecular flexibility index (Phi) is 6.08. The van der Waals surface area contributed by atoms with E-state index in [9.17, 15) is 17.9 Å². The highest BCUT2D eigenvalue weighted by Crippen LogP contribution is 2.27. The van der Waals surface area contributed by atoms with Gasteiger partial charge in [0.25, 0.3) is 0 Å². The van der Waals surface area contributed by atoms with Crippen molar-refractivity contribution in [2.75, 3.05) is 24.3 Å². The fraction of sp³-hybridized carbons (Fsp3) is 0.375. The maximum Gasteiger partial charge on any atom is 0.446 e. The molecule has 2 aromatic heterocycles. The molecule has 3 aromatic rings. The summed E-state index contributed by atoms with van der Waals surface area (Å²) in [5.41, 5.74) is 0.474. The molecule has 160 valence electrons. The smallest absolute Gasteiger partial charge is 0.446 e. The van der Waals surface area contributed by atoms with Crippen molar-refractivity contribution in [3.8, 4) is 17.2 Å². The van der Waals surface area contributed by atoms with E-state index in [0.717, 1.165) is 4.57 Å². The topological polar surface area (TPSA) is 142 Å². The van der Waals surface area contributed by atoms with Crippen molar-refractivity contribution in [2.45, 2.75) is 18.9 Å². The molecular formula is C16H15BrFN6O5S-. The van der Waals surface area contributed by atoms with Crippen LogP contribution in [0.2, 0.25) is 0 Å².